The molecule has 5 heteroatoms. The van der Waals surface area contributed by atoms with E-state index in [2.05, 4.69) is 0 Å². The molecule has 1 spiro atoms. The molecular weight excluding hydrogens is 276 g/mol. The maximum absolute atomic E-state index is 13.7. The van der Waals surface area contributed by atoms with E-state index in [4.69, 9.17) is 4.74 Å². The Kier molecular flexibility index (Phi) is 3.93. The summed E-state index contributed by atoms with van der Waals surface area (Å²) in [4.78, 5) is 13.8. The zero-order valence-corrected chi connectivity index (χ0v) is 11.9. The van der Waals surface area contributed by atoms with Crippen molar-refractivity contribution >= 4 is 5.91 Å². The van der Waals surface area contributed by atoms with E-state index >= 15 is 0 Å². The smallest absolute Gasteiger partial charge is 0.222 e. The van der Waals surface area contributed by atoms with Crippen LogP contribution in [0, 0.1) is 11.6 Å². The third kappa shape index (κ3) is 2.93. The van der Waals surface area contributed by atoms with E-state index in [-0.39, 0.29) is 23.6 Å². The SMILES string of the molecule is O=C1CCC2(CCCO2)CCN1Cc1c(F)cccc1F. The Morgan fingerprint density at radius 2 is 1.95 bits per heavy atom. The molecule has 1 amide bonds. The molecule has 1 unspecified atom stereocenters. The van der Waals surface area contributed by atoms with Gasteiger partial charge in [0, 0.05) is 25.1 Å². The van der Waals surface area contributed by atoms with Gasteiger partial charge in [-0.25, -0.2) is 8.78 Å². The molecule has 1 atom stereocenters. The molecule has 0 N–H and O–H groups in total. The van der Waals surface area contributed by atoms with E-state index in [1.807, 2.05) is 0 Å². The minimum absolute atomic E-state index is 0.00653. The third-order valence-electron chi connectivity index (χ3n) is 4.58. The van der Waals surface area contributed by atoms with Crippen molar-refractivity contribution in [3.63, 3.8) is 0 Å². The van der Waals surface area contributed by atoms with E-state index < -0.39 is 11.6 Å². The largest absolute Gasteiger partial charge is 0.375 e. The van der Waals surface area contributed by atoms with Crippen LogP contribution in [0.4, 0.5) is 8.78 Å². The van der Waals surface area contributed by atoms with Gasteiger partial charge in [-0.3, -0.25) is 4.79 Å². The van der Waals surface area contributed by atoms with Gasteiger partial charge >= 0.3 is 0 Å². The molecule has 1 aromatic carbocycles. The number of likely N-dealkylation sites (tertiary alicyclic amines) is 1. The highest BCUT2D eigenvalue weighted by Crippen LogP contribution is 2.36. The van der Waals surface area contributed by atoms with Crippen molar-refractivity contribution in [3.8, 4) is 0 Å². The Morgan fingerprint density at radius 1 is 1.19 bits per heavy atom. The fourth-order valence-electron chi connectivity index (χ4n) is 3.27. The Morgan fingerprint density at radius 3 is 2.62 bits per heavy atom. The van der Waals surface area contributed by atoms with Crippen molar-refractivity contribution in [3.05, 3.63) is 35.4 Å². The lowest BCUT2D eigenvalue weighted by Gasteiger charge is -2.26. The standard InChI is InChI=1S/C16H19F2NO2/c17-13-3-1-4-14(18)12(13)11-19-9-8-16(6-2-10-21-16)7-5-15(19)20/h1,3-4H,2,5-11H2. The molecule has 0 radical (unpaired) electrons. The van der Waals surface area contributed by atoms with E-state index in [0.717, 1.165) is 25.9 Å². The number of carbonyl (C=O) groups is 1. The molecule has 2 aliphatic heterocycles. The van der Waals surface area contributed by atoms with Crippen LogP contribution in [0.3, 0.4) is 0 Å². The lowest BCUT2D eigenvalue weighted by Crippen LogP contribution is -2.32. The molecule has 3 rings (SSSR count). The molecule has 0 saturated carbocycles. The monoisotopic (exact) mass is 295 g/mol. The van der Waals surface area contributed by atoms with Crippen LogP contribution >= 0.6 is 0 Å². The van der Waals surface area contributed by atoms with Gasteiger partial charge in [-0.2, -0.15) is 0 Å². The van der Waals surface area contributed by atoms with Crippen molar-refractivity contribution in [2.45, 2.75) is 44.2 Å². The predicted octanol–water partition coefficient (Wildman–Crippen LogP) is 3.03. The van der Waals surface area contributed by atoms with Crippen LogP contribution in [0.5, 0.6) is 0 Å². The molecule has 0 bridgehead atoms. The fraction of sp³-hybridized carbons (Fsp3) is 0.562. The Hall–Kier alpha value is -1.49. The first kappa shape index (κ1) is 14.4. The maximum atomic E-state index is 13.7. The number of hydrogen-bond donors (Lipinski definition) is 0. The van der Waals surface area contributed by atoms with Gasteiger partial charge in [0.2, 0.25) is 5.91 Å². The molecule has 114 valence electrons. The van der Waals surface area contributed by atoms with Crippen molar-refractivity contribution < 1.29 is 18.3 Å². The van der Waals surface area contributed by atoms with Crippen LogP contribution < -0.4 is 0 Å². The summed E-state index contributed by atoms with van der Waals surface area (Å²) in [7, 11) is 0. The Bertz CT molecular complexity index is 521. The topological polar surface area (TPSA) is 29.5 Å². The number of hydrogen-bond acceptors (Lipinski definition) is 2. The molecule has 2 heterocycles. The van der Waals surface area contributed by atoms with Crippen LogP contribution in [0.2, 0.25) is 0 Å². The van der Waals surface area contributed by atoms with Gasteiger partial charge < -0.3 is 9.64 Å². The van der Waals surface area contributed by atoms with Crippen LogP contribution in [-0.4, -0.2) is 29.6 Å². The summed E-state index contributed by atoms with van der Waals surface area (Å²) < 4.78 is 33.3. The lowest BCUT2D eigenvalue weighted by atomic mass is 9.92. The average Bonchev–Trinajstić information content (AvgIpc) is 2.87. The van der Waals surface area contributed by atoms with E-state index in [1.165, 1.54) is 18.2 Å². The first-order valence-corrected chi connectivity index (χ1v) is 7.44. The molecule has 2 fully saturated rings. The Balaban J connectivity index is 1.75. The summed E-state index contributed by atoms with van der Waals surface area (Å²) in [6.07, 6.45) is 3.84. The summed E-state index contributed by atoms with van der Waals surface area (Å²) in [5, 5.41) is 0. The van der Waals surface area contributed by atoms with Gasteiger partial charge in [-0.05, 0) is 37.8 Å². The van der Waals surface area contributed by atoms with Crippen LogP contribution in [-0.2, 0) is 16.1 Å². The first-order valence-electron chi connectivity index (χ1n) is 7.44. The van der Waals surface area contributed by atoms with Gasteiger partial charge in [0.15, 0.2) is 0 Å². The number of halogens is 2. The van der Waals surface area contributed by atoms with Crippen molar-refractivity contribution in [2.24, 2.45) is 0 Å². The highest BCUT2D eigenvalue weighted by Gasteiger charge is 2.38. The summed E-state index contributed by atoms with van der Waals surface area (Å²) in [5.41, 5.74) is -0.229. The van der Waals surface area contributed by atoms with Gasteiger partial charge in [0.25, 0.3) is 0 Å². The second-order valence-corrected chi connectivity index (χ2v) is 5.90. The number of benzene rings is 1. The van der Waals surface area contributed by atoms with Crippen molar-refractivity contribution in [1.82, 2.24) is 4.90 Å². The number of rotatable bonds is 2. The summed E-state index contributed by atoms with van der Waals surface area (Å²) in [5.74, 6) is -1.25. The van der Waals surface area contributed by atoms with Crippen LogP contribution in [0.25, 0.3) is 0 Å². The lowest BCUT2D eigenvalue weighted by molar-refractivity contribution is -0.131. The second kappa shape index (κ2) is 5.72. The molecule has 21 heavy (non-hydrogen) atoms. The quantitative estimate of drug-likeness (QED) is 0.839. The van der Waals surface area contributed by atoms with Crippen molar-refractivity contribution in [2.75, 3.05) is 13.2 Å². The highest BCUT2D eigenvalue weighted by atomic mass is 19.1. The fourth-order valence-corrected chi connectivity index (χ4v) is 3.27. The maximum Gasteiger partial charge on any atom is 0.222 e. The van der Waals surface area contributed by atoms with E-state index in [9.17, 15) is 13.6 Å². The normalized spacial score (nSPS) is 26.4. The number of amides is 1. The first-order chi connectivity index (χ1) is 10.1. The molecule has 0 aliphatic carbocycles. The molecule has 2 aliphatic rings. The average molecular weight is 295 g/mol. The predicted molar refractivity (Wildman–Crippen MR) is 73.5 cm³/mol. The van der Waals surface area contributed by atoms with E-state index in [1.54, 1.807) is 4.90 Å². The highest BCUT2D eigenvalue weighted by molar-refractivity contribution is 5.76. The Labute approximate surface area is 122 Å². The van der Waals surface area contributed by atoms with Crippen LogP contribution in [0.15, 0.2) is 18.2 Å². The van der Waals surface area contributed by atoms with Crippen LogP contribution in [0.1, 0.15) is 37.7 Å². The van der Waals surface area contributed by atoms with Gasteiger partial charge in [-0.15, -0.1) is 0 Å². The molecular formula is C16H19F2NO2. The molecule has 0 aromatic heterocycles. The van der Waals surface area contributed by atoms with Gasteiger partial charge in [0.1, 0.15) is 11.6 Å². The zero-order valence-electron chi connectivity index (χ0n) is 11.9. The van der Waals surface area contributed by atoms with Crippen molar-refractivity contribution in [1.29, 1.82) is 0 Å². The molecule has 3 nitrogen and oxygen atoms in total. The number of nitrogens with zero attached hydrogens (tertiary/aromatic N) is 1. The summed E-state index contributed by atoms with van der Waals surface area (Å²) >= 11 is 0. The molecule has 1 aromatic rings. The minimum Gasteiger partial charge on any atom is -0.375 e. The van der Waals surface area contributed by atoms with Gasteiger partial charge in [0.05, 0.1) is 12.1 Å². The molecule has 2 saturated heterocycles. The summed E-state index contributed by atoms with van der Waals surface area (Å²) in [6, 6.07) is 3.78. The number of ether oxygens (including phenoxy) is 1. The second-order valence-electron chi connectivity index (χ2n) is 5.90. The third-order valence-corrected chi connectivity index (χ3v) is 4.58. The zero-order chi connectivity index (χ0) is 14.9. The number of carbonyl (C=O) groups excluding carboxylic acids is 1. The minimum atomic E-state index is -0.598. The van der Waals surface area contributed by atoms with Gasteiger partial charge in [-0.1, -0.05) is 6.07 Å². The summed E-state index contributed by atoms with van der Waals surface area (Å²) in [6.45, 7) is 1.23. The van der Waals surface area contributed by atoms with E-state index in [0.29, 0.717) is 19.4 Å².